The van der Waals surface area contributed by atoms with Gasteiger partial charge in [-0.05, 0) is 67.7 Å². The normalized spacial score (nSPS) is 10.1. The summed E-state index contributed by atoms with van der Waals surface area (Å²) in [5.41, 5.74) is 19.1. The van der Waals surface area contributed by atoms with Gasteiger partial charge >= 0.3 is 11.9 Å². The Morgan fingerprint density at radius 2 is 1.35 bits per heavy atom. The minimum atomic E-state index is -0.955. The number of carbonyl (C=O) groups excluding carboxylic acids is 2. The Morgan fingerprint density at radius 1 is 0.825 bits per heavy atom. The molecule has 0 radical (unpaired) electrons. The third kappa shape index (κ3) is 19.7. The highest BCUT2D eigenvalue weighted by Gasteiger charge is 2.08. The van der Waals surface area contributed by atoms with Gasteiger partial charge < -0.3 is 32.7 Å². The molecule has 0 bridgehead atoms. The van der Waals surface area contributed by atoms with Gasteiger partial charge in [-0.1, -0.05) is 60.7 Å². The van der Waals surface area contributed by atoms with E-state index in [1.54, 1.807) is 36.4 Å². The molecule has 0 fully saturated rings. The van der Waals surface area contributed by atoms with Crippen LogP contribution < -0.4 is 22.5 Å². The fraction of sp³-hybridized carbons (Fsp3) is 0.267. The quantitative estimate of drug-likeness (QED) is 0.205. The average molecular weight is 553 g/mol. The third-order valence-corrected chi connectivity index (χ3v) is 4.88. The minimum Gasteiger partial charge on any atom is -0.481 e. The number of hydrogen-bond donors (Lipinski definition) is 6. The molecule has 3 rings (SSSR count). The zero-order valence-corrected chi connectivity index (χ0v) is 22.7. The highest BCUT2D eigenvalue weighted by Crippen LogP contribution is 2.07. The number of nitrogens with one attached hydrogen (secondary N) is 1. The number of hydrogen-bond acceptors (Lipinski definition) is 7. The minimum absolute atomic E-state index is 0.112. The first-order valence-electron chi connectivity index (χ1n) is 12.6. The molecule has 0 aromatic heterocycles. The molecular weight excluding hydrogens is 512 g/mol. The number of amides is 1. The first-order chi connectivity index (χ1) is 19.1. The molecule has 0 unspecified atom stereocenters. The number of carboxylic acids is 2. The van der Waals surface area contributed by atoms with Crippen molar-refractivity contribution in [3.8, 4) is 0 Å². The summed E-state index contributed by atoms with van der Waals surface area (Å²) >= 11 is 0. The summed E-state index contributed by atoms with van der Waals surface area (Å²) in [5, 5.41) is 19.2. The van der Waals surface area contributed by atoms with Gasteiger partial charge in [0, 0.05) is 18.2 Å². The topological polar surface area (TPSA) is 199 Å². The standard InChI is InChI=1S/C9H9NO2.C8H11N.C8H8O2.C5H12N2O2/c1-7(12)10-9-4-2-8(6-11)3-5-9;9-7-6-8-4-2-1-3-5-8;9-8(10)6-7-4-2-1-3-5-7;6-3-1-2-4(7)5(8)9/h2-6H,1H3,(H,10,12);1-5H,6-7,9H2;1-5H,6H2,(H,9,10);4H,1-3,6-7H2,(H,8,9)/t;;;4-/m...1/s1. The Balaban J connectivity index is 0.000000511. The molecule has 10 nitrogen and oxygen atoms in total. The van der Waals surface area contributed by atoms with Crippen LogP contribution in [-0.4, -0.2) is 53.5 Å². The van der Waals surface area contributed by atoms with Crippen LogP contribution in [0.25, 0.3) is 0 Å². The van der Waals surface area contributed by atoms with E-state index in [2.05, 4.69) is 17.4 Å². The summed E-state index contributed by atoms with van der Waals surface area (Å²) in [6.45, 7) is 2.68. The van der Waals surface area contributed by atoms with Crippen molar-refractivity contribution in [2.75, 3.05) is 18.4 Å². The van der Waals surface area contributed by atoms with Crippen LogP contribution in [0, 0.1) is 0 Å². The second kappa shape index (κ2) is 22.6. The summed E-state index contributed by atoms with van der Waals surface area (Å²) in [6.07, 6.45) is 3.00. The first kappa shape index (κ1) is 35.6. The van der Waals surface area contributed by atoms with E-state index in [0.717, 1.165) is 24.8 Å². The van der Waals surface area contributed by atoms with E-state index in [-0.39, 0.29) is 12.3 Å². The molecule has 0 heterocycles. The molecule has 0 saturated heterocycles. The Bertz CT molecular complexity index is 1110. The molecule has 1 atom stereocenters. The van der Waals surface area contributed by atoms with Gasteiger partial charge in [0.2, 0.25) is 5.91 Å². The number of anilines is 1. The second-order valence-corrected chi connectivity index (χ2v) is 8.38. The van der Waals surface area contributed by atoms with E-state index in [1.807, 2.05) is 36.4 Å². The molecule has 0 spiro atoms. The van der Waals surface area contributed by atoms with Crippen molar-refractivity contribution in [1.29, 1.82) is 0 Å². The highest BCUT2D eigenvalue weighted by molar-refractivity contribution is 5.89. The zero-order valence-electron chi connectivity index (χ0n) is 22.7. The van der Waals surface area contributed by atoms with E-state index in [0.29, 0.717) is 30.6 Å². The van der Waals surface area contributed by atoms with Gasteiger partial charge in [0.05, 0.1) is 6.42 Å². The van der Waals surface area contributed by atoms with E-state index >= 15 is 0 Å². The number of carbonyl (C=O) groups is 4. The van der Waals surface area contributed by atoms with E-state index in [9.17, 15) is 19.2 Å². The van der Waals surface area contributed by atoms with Gasteiger partial charge in [-0.25, -0.2) is 0 Å². The fourth-order valence-corrected chi connectivity index (χ4v) is 2.89. The molecule has 0 saturated carbocycles. The second-order valence-electron chi connectivity index (χ2n) is 8.38. The molecule has 9 N–H and O–H groups in total. The van der Waals surface area contributed by atoms with Crippen molar-refractivity contribution in [1.82, 2.24) is 0 Å². The van der Waals surface area contributed by atoms with Gasteiger partial charge in [-0.3, -0.25) is 19.2 Å². The van der Waals surface area contributed by atoms with Crippen LogP contribution in [0.2, 0.25) is 0 Å². The molecule has 216 valence electrons. The van der Waals surface area contributed by atoms with Gasteiger partial charge in [0.1, 0.15) is 12.3 Å². The average Bonchev–Trinajstić information content (AvgIpc) is 2.94. The van der Waals surface area contributed by atoms with E-state index < -0.39 is 18.0 Å². The largest absolute Gasteiger partial charge is 0.481 e. The Kier molecular flexibility index (Phi) is 20.1. The third-order valence-electron chi connectivity index (χ3n) is 4.88. The summed E-state index contributed by atoms with van der Waals surface area (Å²) in [7, 11) is 0. The SMILES string of the molecule is CC(=O)Nc1ccc(C=O)cc1.NCCC[C@@H](N)C(=O)O.NCCc1ccccc1.O=C(O)Cc1ccccc1. The fourth-order valence-electron chi connectivity index (χ4n) is 2.89. The predicted octanol–water partition coefficient (Wildman–Crippen LogP) is 3.10. The monoisotopic (exact) mass is 552 g/mol. The number of aliphatic carboxylic acids is 2. The van der Waals surface area contributed by atoms with Crippen LogP contribution in [0.5, 0.6) is 0 Å². The Morgan fingerprint density at radius 3 is 1.75 bits per heavy atom. The smallest absolute Gasteiger partial charge is 0.320 e. The molecule has 3 aromatic carbocycles. The molecule has 0 aliphatic rings. The van der Waals surface area contributed by atoms with Crippen LogP contribution in [-0.2, 0) is 27.2 Å². The van der Waals surface area contributed by atoms with Gasteiger partial charge in [0.25, 0.3) is 0 Å². The van der Waals surface area contributed by atoms with Crippen molar-refractivity contribution < 1.29 is 29.4 Å². The summed E-state index contributed by atoms with van der Waals surface area (Å²) < 4.78 is 0. The van der Waals surface area contributed by atoms with E-state index in [1.165, 1.54) is 12.5 Å². The highest BCUT2D eigenvalue weighted by atomic mass is 16.4. The lowest BCUT2D eigenvalue weighted by Gasteiger charge is -2.02. The molecule has 40 heavy (non-hydrogen) atoms. The van der Waals surface area contributed by atoms with Crippen molar-refractivity contribution in [3.63, 3.8) is 0 Å². The Hall–Kier alpha value is -4.38. The molecular formula is C30H40N4O6. The first-order valence-corrected chi connectivity index (χ1v) is 12.6. The van der Waals surface area contributed by atoms with E-state index in [4.69, 9.17) is 27.4 Å². The van der Waals surface area contributed by atoms with Crippen LogP contribution in [0.3, 0.4) is 0 Å². The molecule has 0 aliphatic heterocycles. The maximum Gasteiger partial charge on any atom is 0.320 e. The zero-order chi connectivity index (χ0) is 30.2. The molecule has 1 amide bonds. The summed E-state index contributed by atoms with van der Waals surface area (Å²) in [4.78, 5) is 41.0. The maximum absolute atomic E-state index is 10.6. The van der Waals surface area contributed by atoms with Crippen LogP contribution in [0.1, 0.15) is 41.3 Å². The van der Waals surface area contributed by atoms with Crippen molar-refractivity contribution in [2.24, 2.45) is 17.2 Å². The molecule has 3 aromatic rings. The van der Waals surface area contributed by atoms with Crippen LogP contribution in [0.4, 0.5) is 5.69 Å². The number of aldehydes is 1. The molecule has 10 heteroatoms. The lowest BCUT2D eigenvalue weighted by molar-refractivity contribution is -0.139. The summed E-state index contributed by atoms with van der Waals surface area (Å²) in [5.74, 6) is -1.86. The van der Waals surface area contributed by atoms with Gasteiger partial charge in [-0.15, -0.1) is 0 Å². The van der Waals surface area contributed by atoms with Gasteiger partial charge in [-0.2, -0.15) is 0 Å². The summed E-state index contributed by atoms with van der Waals surface area (Å²) in [6, 6.07) is 25.3. The number of benzene rings is 3. The molecule has 0 aliphatic carbocycles. The van der Waals surface area contributed by atoms with Crippen molar-refractivity contribution in [3.05, 3.63) is 102 Å². The van der Waals surface area contributed by atoms with Crippen molar-refractivity contribution in [2.45, 2.75) is 38.6 Å². The van der Waals surface area contributed by atoms with Crippen molar-refractivity contribution >= 4 is 29.8 Å². The lowest BCUT2D eigenvalue weighted by Crippen LogP contribution is -2.30. The van der Waals surface area contributed by atoms with Gasteiger partial charge in [0.15, 0.2) is 0 Å². The number of nitrogens with two attached hydrogens (primary N) is 3. The number of carboxylic acid groups (broad SMARTS) is 2. The predicted molar refractivity (Wildman–Crippen MR) is 157 cm³/mol. The lowest BCUT2D eigenvalue weighted by atomic mass is 10.2. The van der Waals surface area contributed by atoms with Crippen LogP contribution in [0.15, 0.2) is 84.9 Å². The number of rotatable bonds is 10. The maximum atomic E-state index is 10.6. The van der Waals surface area contributed by atoms with Crippen LogP contribution >= 0.6 is 0 Å². The Labute approximate surface area is 235 Å².